The molecular formula is C13H20N2O2. The number of amides is 1. The number of anilines is 1. The summed E-state index contributed by atoms with van der Waals surface area (Å²) in [6.45, 7) is 0.896. The van der Waals surface area contributed by atoms with Crippen LogP contribution in [-0.4, -0.2) is 24.2 Å². The maximum atomic E-state index is 11.5. The van der Waals surface area contributed by atoms with Crippen molar-refractivity contribution in [3.8, 4) is 0 Å². The molecular weight excluding hydrogens is 216 g/mol. The molecule has 17 heavy (non-hydrogen) atoms. The zero-order valence-corrected chi connectivity index (χ0v) is 9.98. The number of hydrogen-bond acceptors (Lipinski definition) is 3. The number of nitrogen functional groups attached to an aromatic ring is 1. The Balaban J connectivity index is 2.18. The molecule has 1 rings (SSSR count). The molecule has 0 saturated carbocycles. The molecule has 0 unspecified atom stereocenters. The fourth-order valence-electron chi connectivity index (χ4n) is 1.52. The second kappa shape index (κ2) is 7.68. The number of hydrogen-bond donors (Lipinski definition) is 3. The number of benzene rings is 1. The topological polar surface area (TPSA) is 75.4 Å². The highest BCUT2D eigenvalue weighted by atomic mass is 16.2. The van der Waals surface area contributed by atoms with Crippen molar-refractivity contribution in [1.29, 1.82) is 0 Å². The van der Waals surface area contributed by atoms with E-state index in [0.717, 1.165) is 24.8 Å². The van der Waals surface area contributed by atoms with Crippen molar-refractivity contribution >= 4 is 11.6 Å². The van der Waals surface area contributed by atoms with Gasteiger partial charge in [-0.2, -0.15) is 0 Å². The molecule has 4 nitrogen and oxygen atoms in total. The average molecular weight is 236 g/mol. The highest BCUT2D eigenvalue weighted by Crippen LogP contribution is 2.05. The summed E-state index contributed by atoms with van der Waals surface area (Å²) < 4.78 is 0. The molecule has 0 aliphatic rings. The summed E-state index contributed by atoms with van der Waals surface area (Å²) in [5.41, 5.74) is 7.23. The van der Waals surface area contributed by atoms with E-state index in [4.69, 9.17) is 10.8 Å². The van der Waals surface area contributed by atoms with E-state index in [1.807, 2.05) is 12.1 Å². The van der Waals surface area contributed by atoms with Gasteiger partial charge in [-0.15, -0.1) is 0 Å². The summed E-state index contributed by atoms with van der Waals surface area (Å²) >= 11 is 0. The standard InChI is InChI=1S/C13H20N2O2/c14-12-6-4-11(5-7-12)10-13(17)15-8-2-1-3-9-16/h4-7,16H,1-3,8-10,14H2,(H,15,17). The van der Waals surface area contributed by atoms with Crippen molar-refractivity contribution < 1.29 is 9.90 Å². The number of unbranched alkanes of at least 4 members (excludes halogenated alkanes) is 2. The van der Waals surface area contributed by atoms with Gasteiger partial charge in [0.15, 0.2) is 0 Å². The van der Waals surface area contributed by atoms with Crippen LogP contribution < -0.4 is 11.1 Å². The maximum absolute atomic E-state index is 11.5. The lowest BCUT2D eigenvalue weighted by Crippen LogP contribution is -2.26. The van der Waals surface area contributed by atoms with Crippen LogP contribution in [0.5, 0.6) is 0 Å². The first-order chi connectivity index (χ1) is 8.22. The molecule has 0 radical (unpaired) electrons. The van der Waals surface area contributed by atoms with Crippen LogP contribution in [0.25, 0.3) is 0 Å². The van der Waals surface area contributed by atoms with E-state index in [1.54, 1.807) is 12.1 Å². The van der Waals surface area contributed by atoms with Gasteiger partial charge in [0.25, 0.3) is 0 Å². The van der Waals surface area contributed by atoms with Gasteiger partial charge >= 0.3 is 0 Å². The molecule has 0 fully saturated rings. The minimum Gasteiger partial charge on any atom is -0.399 e. The van der Waals surface area contributed by atoms with Gasteiger partial charge in [0.1, 0.15) is 0 Å². The largest absolute Gasteiger partial charge is 0.399 e. The third kappa shape index (κ3) is 5.92. The molecule has 0 aliphatic carbocycles. The molecule has 0 spiro atoms. The Labute approximate surface area is 102 Å². The van der Waals surface area contributed by atoms with Crippen LogP contribution in [0.1, 0.15) is 24.8 Å². The predicted molar refractivity (Wildman–Crippen MR) is 68.5 cm³/mol. The monoisotopic (exact) mass is 236 g/mol. The highest BCUT2D eigenvalue weighted by Gasteiger charge is 2.02. The number of nitrogens with two attached hydrogens (primary N) is 1. The van der Waals surface area contributed by atoms with Crippen molar-refractivity contribution in [3.63, 3.8) is 0 Å². The predicted octanol–water partition coefficient (Wildman–Crippen LogP) is 1.09. The molecule has 94 valence electrons. The summed E-state index contributed by atoms with van der Waals surface area (Å²) in [6.07, 6.45) is 3.04. The van der Waals surface area contributed by atoms with Gasteiger partial charge in [-0.3, -0.25) is 4.79 Å². The number of nitrogens with one attached hydrogen (secondary N) is 1. The fourth-order valence-corrected chi connectivity index (χ4v) is 1.52. The molecule has 0 bridgehead atoms. The molecule has 0 aromatic heterocycles. The first-order valence-corrected chi connectivity index (χ1v) is 5.94. The average Bonchev–Trinajstić information content (AvgIpc) is 2.32. The maximum Gasteiger partial charge on any atom is 0.224 e. The summed E-state index contributed by atoms with van der Waals surface area (Å²) in [7, 11) is 0. The lowest BCUT2D eigenvalue weighted by molar-refractivity contribution is -0.120. The summed E-state index contributed by atoms with van der Waals surface area (Å²) in [5.74, 6) is 0.0266. The van der Waals surface area contributed by atoms with Crippen LogP contribution in [0.3, 0.4) is 0 Å². The minimum atomic E-state index is 0.0266. The molecule has 4 heteroatoms. The molecule has 4 N–H and O–H groups in total. The van der Waals surface area contributed by atoms with E-state index in [0.29, 0.717) is 18.7 Å². The zero-order chi connectivity index (χ0) is 12.5. The third-order valence-corrected chi connectivity index (χ3v) is 2.50. The molecule has 1 aromatic carbocycles. The fraction of sp³-hybridized carbons (Fsp3) is 0.462. The van der Waals surface area contributed by atoms with Gasteiger partial charge in [0, 0.05) is 18.8 Å². The van der Waals surface area contributed by atoms with Crippen molar-refractivity contribution in [3.05, 3.63) is 29.8 Å². The van der Waals surface area contributed by atoms with Crippen LogP contribution in [0.15, 0.2) is 24.3 Å². The normalized spacial score (nSPS) is 10.2. The van der Waals surface area contributed by atoms with E-state index in [1.165, 1.54) is 0 Å². The van der Waals surface area contributed by atoms with Crippen LogP contribution in [0.4, 0.5) is 5.69 Å². The Bertz CT molecular complexity index is 336. The molecule has 1 aromatic rings. The van der Waals surface area contributed by atoms with Crippen LogP contribution >= 0.6 is 0 Å². The summed E-state index contributed by atoms with van der Waals surface area (Å²) in [4.78, 5) is 11.5. The Morgan fingerprint density at radius 3 is 2.53 bits per heavy atom. The van der Waals surface area contributed by atoms with Crippen LogP contribution in [-0.2, 0) is 11.2 Å². The van der Waals surface area contributed by atoms with E-state index in [-0.39, 0.29) is 12.5 Å². The smallest absolute Gasteiger partial charge is 0.224 e. The highest BCUT2D eigenvalue weighted by molar-refractivity contribution is 5.78. The van der Waals surface area contributed by atoms with Crippen LogP contribution in [0.2, 0.25) is 0 Å². The number of carbonyl (C=O) groups excluding carboxylic acids is 1. The lowest BCUT2D eigenvalue weighted by Gasteiger charge is -2.05. The minimum absolute atomic E-state index is 0.0266. The van der Waals surface area contributed by atoms with Crippen molar-refractivity contribution in [1.82, 2.24) is 5.32 Å². The van der Waals surface area contributed by atoms with Gasteiger partial charge in [-0.25, -0.2) is 0 Å². The first-order valence-electron chi connectivity index (χ1n) is 5.94. The number of carbonyl (C=O) groups is 1. The van der Waals surface area contributed by atoms with E-state index < -0.39 is 0 Å². The van der Waals surface area contributed by atoms with Gasteiger partial charge in [-0.1, -0.05) is 12.1 Å². The van der Waals surface area contributed by atoms with Gasteiger partial charge in [0.05, 0.1) is 6.42 Å². The number of aliphatic hydroxyl groups excluding tert-OH is 1. The van der Waals surface area contributed by atoms with Crippen molar-refractivity contribution in [2.75, 3.05) is 18.9 Å². The second-order valence-electron chi connectivity index (χ2n) is 4.05. The molecule has 0 aliphatic heterocycles. The van der Waals surface area contributed by atoms with Gasteiger partial charge in [0.2, 0.25) is 5.91 Å². The summed E-state index contributed by atoms with van der Waals surface area (Å²) in [6, 6.07) is 7.31. The Hall–Kier alpha value is -1.55. The Kier molecular flexibility index (Phi) is 6.10. The van der Waals surface area contributed by atoms with E-state index in [9.17, 15) is 4.79 Å². The zero-order valence-electron chi connectivity index (χ0n) is 9.98. The third-order valence-electron chi connectivity index (χ3n) is 2.50. The van der Waals surface area contributed by atoms with E-state index in [2.05, 4.69) is 5.32 Å². The quantitative estimate of drug-likeness (QED) is 0.490. The number of aliphatic hydroxyl groups is 1. The van der Waals surface area contributed by atoms with Gasteiger partial charge < -0.3 is 16.2 Å². The lowest BCUT2D eigenvalue weighted by atomic mass is 10.1. The summed E-state index contributed by atoms with van der Waals surface area (Å²) in [5, 5.41) is 11.4. The molecule has 1 amide bonds. The molecule has 0 saturated heterocycles. The molecule has 0 heterocycles. The second-order valence-corrected chi connectivity index (χ2v) is 4.05. The Morgan fingerprint density at radius 2 is 1.88 bits per heavy atom. The van der Waals surface area contributed by atoms with Crippen molar-refractivity contribution in [2.45, 2.75) is 25.7 Å². The van der Waals surface area contributed by atoms with Gasteiger partial charge in [-0.05, 0) is 37.0 Å². The first kappa shape index (κ1) is 13.5. The number of rotatable bonds is 7. The van der Waals surface area contributed by atoms with E-state index >= 15 is 0 Å². The SMILES string of the molecule is Nc1ccc(CC(=O)NCCCCCO)cc1. The van der Waals surface area contributed by atoms with Crippen LogP contribution in [0, 0.1) is 0 Å². The Morgan fingerprint density at radius 1 is 1.18 bits per heavy atom. The molecule has 0 atom stereocenters. The van der Waals surface area contributed by atoms with Crippen molar-refractivity contribution in [2.24, 2.45) is 0 Å².